The molecule has 0 radical (unpaired) electrons. The first kappa shape index (κ1) is 38.0. The predicted molar refractivity (Wildman–Crippen MR) is 162 cm³/mol. The number of halogens is 9. The van der Waals surface area contributed by atoms with Crippen molar-refractivity contribution in [3.05, 3.63) is 76.6 Å². The van der Waals surface area contributed by atoms with Crippen LogP contribution < -0.4 is 14.5 Å². The zero-order chi connectivity index (χ0) is 36.4. The molecule has 2 heterocycles. The summed E-state index contributed by atoms with van der Waals surface area (Å²) in [5, 5.41) is 0. The van der Waals surface area contributed by atoms with E-state index in [4.69, 9.17) is 9.47 Å². The topological polar surface area (TPSA) is 84.9 Å². The lowest BCUT2D eigenvalue weighted by molar-refractivity contribution is -0.143. The van der Waals surface area contributed by atoms with Crippen molar-refractivity contribution in [1.82, 2.24) is 9.97 Å². The number of nitrogens with zero attached hydrogens (tertiary/aromatic N) is 4. The van der Waals surface area contributed by atoms with Gasteiger partial charge in [0.15, 0.2) is 15.6 Å². The average molecular weight is 729 g/mol. The molecule has 0 amide bonds. The van der Waals surface area contributed by atoms with Gasteiger partial charge in [-0.15, -0.1) is 0 Å². The number of benzene rings is 2. The van der Waals surface area contributed by atoms with Crippen molar-refractivity contribution in [1.29, 1.82) is 0 Å². The fourth-order valence-corrected chi connectivity index (χ4v) is 5.70. The Kier molecular flexibility index (Phi) is 11.3. The van der Waals surface area contributed by atoms with Crippen molar-refractivity contribution in [2.45, 2.75) is 57.5 Å². The number of rotatable bonds is 11. The maximum Gasteiger partial charge on any atom is 0.416 e. The molecule has 3 aromatic rings. The molecule has 1 fully saturated rings. The Hall–Kier alpha value is -3.80. The van der Waals surface area contributed by atoms with Crippen molar-refractivity contribution < 1.29 is 57.4 Å². The second-order valence-corrected chi connectivity index (χ2v) is 14.0. The Bertz CT molecular complexity index is 1660. The number of ether oxygens (including phenoxy) is 2. The van der Waals surface area contributed by atoms with Crippen LogP contribution in [0.3, 0.4) is 0 Å². The smallest absolute Gasteiger partial charge is 0.416 e. The van der Waals surface area contributed by atoms with Crippen LogP contribution in [0.5, 0.6) is 5.75 Å². The van der Waals surface area contributed by atoms with E-state index in [1.165, 1.54) is 23.4 Å². The number of sulfone groups is 1. The van der Waals surface area contributed by atoms with Crippen molar-refractivity contribution in [3.8, 4) is 5.75 Å². The number of morpholine rings is 1. The summed E-state index contributed by atoms with van der Waals surface area (Å²) < 4.78 is 157. The lowest BCUT2D eigenvalue weighted by atomic mass is 10.0. The summed E-state index contributed by atoms with van der Waals surface area (Å²) in [5.74, 6) is -0.379. The second kappa shape index (κ2) is 14.6. The molecule has 0 aliphatic carbocycles. The lowest BCUT2D eigenvalue weighted by Gasteiger charge is -2.38. The van der Waals surface area contributed by atoms with Gasteiger partial charge in [-0.1, -0.05) is 0 Å². The Morgan fingerprint density at radius 3 is 1.92 bits per heavy atom. The third-order valence-corrected chi connectivity index (χ3v) is 8.37. The third-order valence-electron chi connectivity index (χ3n) is 7.47. The highest BCUT2D eigenvalue weighted by Gasteiger charge is 2.37. The van der Waals surface area contributed by atoms with E-state index in [0.29, 0.717) is 30.9 Å². The molecule has 2 aromatic carbocycles. The fraction of sp³-hybridized carbons (Fsp3) is 0.484. The molecule has 1 aromatic heterocycles. The monoisotopic (exact) mass is 728 g/mol. The van der Waals surface area contributed by atoms with Crippen molar-refractivity contribution in [3.63, 3.8) is 0 Å². The lowest BCUT2D eigenvalue weighted by Crippen LogP contribution is -2.46. The molecular formula is C31H33F9N4O4S. The SMILES string of the molecule is CC1CN(c2ccc(C(F)(F)F)cc2CN(CCc2cc(C(F)(F)F)cc(C(F)(F)F)c2)c2ncc(OCCS(C)(=O)=O)cn2)CC(C)O1. The summed E-state index contributed by atoms with van der Waals surface area (Å²) >= 11 is 0. The summed E-state index contributed by atoms with van der Waals surface area (Å²) in [6.45, 7) is 3.42. The average Bonchev–Trinajstić information content (AvgIpc) is 2.97. The molecule has 0 saturated carbocycles. The number of hydrogen-bond acceptors (Lipinski definition) is 8. The summed E-state index contributed by atoms with van der Waals surface area (Å²) in [5.41, 5.74) is -3.75. The van der Waals surface area contributed by atoms with Gasteiger partial charge in [-0.3, -0.25) is 0 Å². The molecule has 1 aliphatic rings. The molecule has 2 atom stereocenters. The van der Waals surface area contributed by atoms with Gasteiger partial charge in [0.05, 0.1) is 47.0 Å². The molecular weight excluding hydrogens is 695 g/mol. The number of anilines is 2. The van der Waals surface area contributed by atoms with E-state index < -0.39 is 51.5 Å². The minimum atomic E-state index is -5.08. The normalized spacial score (nSPS) is 17.7. The standard InChI is InChI=1S/C31H33F9N4O4S/c1-19-16-44(17-20(2)48-19)27-5-4-23(29(32,33)34)12-22(27)18-43(28-41-14-26(15-42-28)47-8-9-49(3,45)46)7-6-21-10-24(30(35,36)37)13-25(11-21)31(38,39)40/h4-5,10-15,19-20H,6-9,16-18H2,1-3H3. The molecule has 0 spiro atoms. The highest BCUT2D eigenvalue weighted by Crippen LogP contribution is 2.37. The van der Waals surface area contributed by atoms with Crippen molar-refractivity contribution in [2.24, 2.45) is 0 Å². The summed E-state index contributed by atoms with van der Waals surface area (Å²) in [6, 6.07) is 4.34. The molecule has 0 bridgehead atoms. The summed E-state index contributed by atoms with van der Waals surface area (Å²) in [6.07, 6.45) is -12.5. The predicted octanol–water partition coefficient (Wildman–Crippen LogP) is 6.82. The molecule has 0 N–H and O–H groups in total. The molecule has 270 valence electrons. The molecule has 1 aliphatic heterocycles. The van der Waals surface area contributed by atoms with E-state index in [0.717, 1.165) is 18.4 Å². The van der Waals surface area contributed by atoms with E-state index in [9.17, 15) is 47.9 Å². The molecule has 1 saturated heterocycles. The second-order valence-electron chi connectivity index (χ2n) is 11.8. The van der Waals surface area contributed by atoms with Gasteiger partial charge in [0, 0.05) is 38.1 Å². The molecule has 4 rings (SSSR count). The minimum Gasteiger partial charge on any atom is -0.489 e. The van der Waals surface area contributed by atoms with Gasteiger partial charge >= 0.3 is 18.5 Å². The van der Waals surface area contributed by atoms with Gasteiger partial charge in [-0.2, -0.15) is 39.5 Å². The van der Waals surface area contributed by atoms with Crippen LogP contribution >= 0.6 is 0 Å². The van der Waals surface area contributed by atoms with Crippen molar-refractivity contribution >= 4 is 21.5 Å². The first-order valence-corrected chi connectivity index (χ1v) is 16.9. The van der Waals surface area contributed by atoms with E-state index in [2.05, 4.69) is 9.97 Å². The third kappa shape index (κ3) is 10.8. The van der Waals surface area contributed by atoms with Crippen LogP contribution in [0.25, 0.3) is 0 Å². The first-order valence-electron chi connectivity index (χ1n) is 14.8. The summed E-state index contributed by atoms with van der Waals surface area (Å²) in [7, 11) is -3.35. The van der Waals surface area contributed by atoms with Gasteiger partial charge in [0.2, 0.25) is 5.95 Å². The molecule has 2 unspecified atom stereocenters. The largest absolute Gasteiger partial charge is 0.489 e. The van der Waals surface area contributed by atoms with Crippen LogP contribution in [0.15, 0.2) is 48.8 Å². The van der Waals surface area contributed by atoms with Gasteiger partial charge in [0.25, 0.3) is 0 Å². The Morgan fingerprint density at radius 2 is 1.41 bits per heavy atom. The van der Waals surface area contributed by atoms with Crippen LogP contribution in [0, 0.1) is 0 Å². The van der Waals surface area contributed by atoms with E-state index in [-0.39, 0.29) is 66.5 Å². The van der Waals surface area contributed by atoms with Crippen LogP contribution in [0.4, 0.5) is 51.1 Å². The van der Waals surface area contributed by atoms with Gasteiger partial charge in [0.1, 0.15) is 6.61 Å². The van der Waals surface area contributed by atoms with Gasteiger partial charge < -0.3 is 19.3 Å². The highest BCUT2D eigenvalue weighted by atomic mass is 32.2. The van der Waals surface area contributed by atoms with Crippen LogP contribution in [0.1, 0.15) is 41.7 Å². The van der Waals surface area contributed by atoms with E-state index in [1.807, 2.05) is 4.90 Å². The molecule has 8 nitrogen and oxygen atoms in total. The zero-order valence-corrected chi connectivity index (χ0v) is 27.3. The van der Waals surface area contributed by atoms with Crippen LogP contribution in [-0.4, -0.2) is 68.8 Å². The first-order chi connectivity index (χ1) is 22.6. The Labute approximate surface area is 276 Å². The summed E-state index contributed by atoms with van der Waals surface area (Å²) in [4.78, 5) is 11.5. The van der Waals surface area contributed by atoms with Crippen LogP contribution in [-0.2, 0) is 46.1 Å². The fourth-order valence-electron chi connectivity index (χ4n) is 5.31. The minimum absolute atomic E-state index is 0.00607. The number of hydrogen-bond donors (Lipinski definition) is 0. The van der Waals surface area contributed by atoms with Crippen molar-refractivity contribution in [2.75, 3.05) is 48.0 Å². The molecule has 18 heteroatoms. The maximum atomic E-state index is 13.9. The number of alkyl halides is 9. The number of aromatic nitrogens is 2. The van der Waals surface area contributed by atoms with E-state index >= 15 is 0 Å². The van der Waals surface area contributed by atoms with E-state index in [1.54, 1.807) is 13.8 Å². The zero-order valence-electron chi connectivity index (χ0n) is 26.5. The Morgan fingerprint density at radius 1 is 0.857 bits per heavy atom. The van der Waals surface area contributed by atoms with Crippen LogP contribution in [0.2, 0.25) is 0 Å². The molecule has 49 heavy (non-hydrogen) atoms. The quantitative estimate of drug-likeness (QED) is 0.199. The Balaban J connectivity index is 1.74. The maximum absolute atomic E-state index is 13.9. The van der Waals surface area contributed by atoms with Gasteiger partial charge in [-0.25, -0.2) is 18.4 Å². The highest BCUT2D eigenvalue weighted by molar-refractivity contribution is 7.90. The van der Waals surface area contributed by atoms with Gasteiger partial charge in [-0.05, 0) is 67.8 Å².